The van der Waals surface area contributed by atoms with Gasteiger partial charge in [0, 0.05) is 20.1 Å². The maximum absolute atomic E-state index is 11.7. The van der Waals surface area contributed by atoms with Crippen LogP contribution in [-0.4, -0.2) is 55.2 Å². The zero-order chi connectivity index (χ0) is 13.4. The van der Waals surface area contributed by atoms with Gasteiger partial charge in [0.05, 0.1) is 0 Å². The van der Waals surface area contributed by atoms with E-state index < -0.39 is 12.0 Å². The molecule has 0 heterocycles. The average molecular weight is 245 g/mol. The predicted molar refractivity (Wildman–Crippen MR) is 66.0 cm³/mol. The van der Waals surface area contributed by atoms with E-state index in [2.05, 4.69) is 10.6 Å². The van der Waals surface area contributed by atoms with Gasteiger partial charge in [-0.2, -0.15) is 0 Å². The maximum atomic E-state index is 11.7. The van der Waals surface area contributed by atoms with Gasteiger partial charge in [0.25, 0.3) is 0 Å². The highest BCUT2D eigenvalue weighted by Gasteiger charge is 2.26. The molecule has 3 N–H and O–H groups in total. The summed E-state index contributed by atoms with van der Waals surface area (Å²) >= 11 is 0. The summed E-state index contributed by atoms with van der Waals surface area (Å²) in [5, 5.41) is 14.5. The fourth-order valence-corrected chi connectivity index (χ4v) is 1.31. The number of carboxylic acids is 1. The second-order valence-corrected chi connectivity index (χ2v) is 4.18. The van der Waals surface area contributed by atoms with Gasteiger partial charge in [-0.05, 0) is 13.0 Å². The van der Waals surface area contributed by atoms with E-state index in [1.807, 2.05) is 13.8 Å². The first-order valence-electron chi connectivity index (χ1n) is 5.83. The SMILES string of the molecule is CC[C@H](C)[C@H](NC(=O)N(C)CCNC)C(=O)O. The lowest BCUT2D eigenvalue weighted by Crippen LogP contribution is -2.50. The Labute approximate surface area is 102 Å². The number of carbonyl (C=O) groups excluding carboxylic acids is 1. The van der Waals surface area contributed by atoms with Crippen LogP contribution >= 0.6 is 0 Å². The van der Waals surface area contributed by atoms with Crippen molar-refractivity contribution in [2.75, 3.05) is 27.2 Å². The monoisotopic (exact) mass is 245 g/mol. The normalized spacial score (nSPS) is 13.9. The van der Waals surface area contributed by atoms with Crippen LogP contribution in [0.25, 0.3) is 0 Å². The van der Waals surface area contributed by atoms with Crippen molar-refractivity contribution in [3.63, 3.8) is 0 Å². The molecule has 6 nitrogen and oxygen atoms in total. The van der Waals surface area contributed by atoms with E-state index in [1.54, 1.807) is 14.1 Å². The molecule has 2 atom stereocenters. The van der Waals surface area contributed by atoms with Crippen molar-refractivity contribution in [2.45, 2.75) is 26.3 Å². The van der Waals surface area contributed by atoms with E-state index in [0.717, 1.165) is 0 Å². The quantitative estimate of drug-likeness (QED) is 0.604. The smallest absolute Gasteiger partial charge is 0.326 e. The molecule has 0 unspecified atom stereocenters. The number of aliphatic carboxylic acids is 1. The molecule has 0 saturated heterocycles. The highest BCUT2D eigenvalue weighted by Crippen LogP contribution is 2.08. The fourth-order valence-electron chi connectivity index (χ4n) is 1.31. The van der Waals surface area contributed by atoms with Crippen LogP contribution in [0.15, 0.2) is 0 Å². The molecule has 0 bridgehead atoms. The Kier molecular flexibility index (Phi) is 7.29. The number of likely N-dealkylation sites (N-methyl/N-ethyl adjacent to an activating group) is 2. The van der Waals surface area contributed by atoms with Crippen molar-refractivity contribution < 1.29 is 14.7 Å². The first kappa shape index (κ1) is 15.7. The molecule has 0 fully saturated rings. The van der Waals surface area contributed by atoms with Crippen LogP contribution in [0.1, 0.15) is 20.3 Å². The number of carboxylic acid groups (broad SMARTS) is 1. The van der Waals surface area contributed by atoms with Crippen molar-refractivity contribution in [3.8, 4) is 0 Å². The molecule has 0 spiro atoms. The van der Waals surface area contributed by atoms with Gasteiger partial charge in [0.2, 0.25) is 0 Å². The largest absolute Gasteiger partial charge is 0.480 e. The van der Waals surface area contributed by atoms with Gasteiger partial charge < -0.3 is 20.6 Å². The maximum Gasteiger partial charge on any atom is 0.326 e. The predicted octanol–water partition coefficient (Wildman–Crippen LogP) is 0.347. The summed E-state index contributed by atoms with van der Waals surface area (Å²) in [5.74, 6) is -1.08. The number of hydrogen-bond acceptors (Lipinski definition) is 3. The molecular formula is C11H23N3O3. The Morgan fingerprint density at radius 2 is 2.00 bits per heavy atom. The highest BCUT2D eigenvalue weighted by molar-refractivity contribution is 5.82. The summed E-state index contributed by atoms with van der Waals surface area (Å²) in [6, 6.07) is -1.18. The van der Waals surface area contributed by atoms with Gasteiger partial charge in [-0.15, -0.1) is 0 Å². The number of urea groups is 1. The zero-order valence-electron chi connectivity index (χ0n) is 11.0. The highest BCUT2D eigenvalue weighted by atomic mass is 16.4. The molecule has 0 aromatic carbocycles. The molecule has 0 rings (SSSR count). The molecule has 6 heteroatoms. The molecule has 0 aromatic heterocycles. The molecular weight excluding hydrogens is 222 g/mol. The van der Waals surface area contributed by atoms with Crippen molar-refractivity contribution in [1.29, 1.82) is 0 Å². The van der Waals surface area contributed by atoms with Crippen LogP contribution in [0.4, 0.5) is 4.79 Å². The summed E-state index contributed by atoms with van der Waals surface area (Å²) < 4.78 is 0. The molecule has 100 valence electrons. The third-order valence-electron chi connectivity index (χ3n) is 2.80. The number of carbonyl (C=O) groups is 2. The summed E-state index contributed by atoms with van der Waals surface area (Å²) in [4.78, 5) is 24.2. The van der Waals surface area contributed by atoms with Crippen molar-refractivity contribution in [3.05, 3.63) is 0 Å². The summed E-state index contributed by atoms with van der Waals surface area (Å²) in [6.07, 6.45) is 0.706. The minimum Gasteiger partial charge on any atom is -0.480 e. The third kappa shape index (κ3) is 5.53. The molecule has 0 aliphatic rings. The summed E-state index contributed by atoms with van der Waals surface area (Å²) in [6.45, 7) is 4.92. The third-order valence-corrected chi connectivity index (χ3v) is 2.80. The first-order valence-corrected chi connectivity index (χ1v) is 5.83. The number of rotatable bonds is 7. The molecule has 0 aliphatic heterocycles. The molecule has 0 saturated carbocycles. The van der Waals surface area contributed by atoms with E-state index in [1.165, 1.54) is 4.90 Å². The van der Waals surface area contributed by atoms with Crippen LogP contribution in [0.3, 0.4) is 0 Å². The van der Waals surface area contributed by atoms with Gasteiger partial charge in [-0.3, -0.25) is 0 Å². The van der Waals surface area contributed by atoms with Gasteiger partial charge in [0.1, 0.15) is 6.04 Å². The lowest BCUT2D eigenvalue weighted by Gasteiger charge is -2.24. The Morgan fingerprint density at radius 3 is 2.41 bits per heavy atom. The summed E-state index contributed by atoms with van der Waals surface area (Å²) in [5.41, 5.74) is 0. The molecule has 17 heavy (non-hydrogen) atoms. The van der Waals surface area contributed by atoms with E-state index in [9.17, 15) is 9.59 Å². The van der Waals surface area contributed by atoms with Gasteiger partial charge in [0.15, 0.2) is 0 Å². The van der Waals surface area contributed by atoms with Crippen LogP contribution in [0.5, 0.6) is 0 Å². The van der Waals surface area contributed by atoms with E-state index in [0.29, 0.717) is 19.5 Å². The molecule has 0 radical (unpaired) electrons. The molecule has 2 amide bonds. The Bertz CT molecular complexity index is 258. The van der Waals surface area contributed by atoms with Crippen LogP contribution in [-0.2, 0) is 4.79 Å². The minimum absolute atomic E-state index is 0.0887. The van der Waals surface area contributed by atoms with E-state index in [4.69, 9.17) is 5.11 Å². The second kappa shape index (κ2) is 7.89. The van der Waals surface area contributed by atoms with Crippen LogP contribution in [0.2, 0.25) is 0 Å². The van der Waals surface area contributed by atoms with Crippen molar-refractivity contribution >= 4 is 12.0 Å². The fraction of sp³-hybridized carbons (Fsp3) is 0.818. The Morgan fingerprint density at radius 1 is 1.41 bits per heavy atom. The Hall–Kier alpha value is -1.30. The number of hydrogen-bond donors (Lipinski definition) is 3. The van der Waals surface area contributed by atoms with Gasteiger partial charge >= 0.3 is 12.0 Å². The van der Waals surface area contributed by atoms with Gasteiger partial charge in [-0.25, -0.2) is 9.59 Å². The number of nitrogens with one attached hydrogen (secondary N) is 2. The lowest BCUT2D eigenvalue weighted by molar-refractivity contribution is -0.140. The van der Waals surface area contributed by atoms with Crippen LogP contribution < -0.4 is 10.6 Å². The topological polar surface area (TPSA) is 81.7 Å². The lowest BCUT2D eigenvalue weighted by atomic mass is 9.99. The number of amides is 2. The Balaban J connectivity index is 4.35. The molecule has 0 aromatic rings. The second-order valence-electron chi connectivity index (χ2n) is 4.18. The zero-order valence-corrected chi connectivity index (χ0v) is 11.0. The summed E-state index contributed by atoms with van der Waals surface area (Å²) in [7, 11) is 3.44. The first-order chi connectivity index (χ1) is 7.93. The van der Waals surface area contributed by atoms with Crippen molar-refractivity contribution in [1.82, 2.24) is 15.5 Å². The van der Waals surface area contributed by atoms with E-state index >= 15 is 0 Å². The van der Waals surface area contributed by atoms with Crippen molar-refractivity contribution in [2.24, 2.45) is 5.92 Å². The van der Waals surface area contributed by atoms with Gasteiger partial charge in [-0.1, -0.05) is 20.3 Å². The minimum atomic E-state index is -0.991. The standard InChI is InChI=1S/C11H23N3O3/c1-5-8(2)9(10(15)16)13-11(17)14(4)7-6-12-3/h8-9,12H,5-7H2,1-4H3,(H,13,17)(H,15,16)/t8-,9-/m0/s1. The van der Waals surface area contributed by atoms with E-state index in [-0.39, 0.29) is 11.9 Å². The number of nitrogens with zero attached hydrogens (tertiary/aromatic N) is 1. The van der Waals surface area contributed by atoms with Crippen LogP contribution in [0, 0.1) is 5.92 Å². The molecule has 0 aliphatic carbocycles. The average Bonchev–Trinajstić information content (AvgIpc) is 2.31.